The highest BCUT2D eigenvalue weighted by molar-refractivity contribution is 7.99. The summed E-state index contributed by atoms with van der Waals surface area (Å²) in [6.07, 6.45) is 3.66. The van der Waals surface area contributed by atoms with Gasteiger partial charge in [0.1, 0.15) is 17.8 Å². The largest absolute Gasteiger partial charge is 0.491 e. The van der Waals surface area contributed by atoms with E-state index in [1.807, 2.05) is 61.9 Å². The number of furan rings is 1. The minimum Gasteiger partial charge on any atom is -0.491 e. The minimum atomic E-state index is -0.00880. The van der Waals surface area contributed by atoms with Crippen LogP contribution in [0.4, 0.5) is 0 Å². The molecule has 2 aromatic heterocycles. The molecule has 4 rings (SSSR count). The maximum absolute atomic E-state index is 13.1. The number of aryl methyl sites for hydroxylation is 1. The summed E-state index contributed by atoms with van der Waals surface area (Å²) in [5.41, 5.74) is 0.727. The third-order valence-electron chi connectivity index (χ3n) is 5.24. The Morgan fingerprint density at radius 1 is 1.32 bits per heavy atom. The maximum Gasteiger partial charge on any atom is 0.198 e. The van der Waals surface area contributed by atoms with E-state index in [-0.39, 0.29) is 17.8 Å². The van der Waals surface area contributed by atoms with Crippen LogP contribution >= 0.6 is 11.8 Å². The highest BCUT2D eigenvalue weighted by Crippen LogP contribution is 2.29. The predicted octanol–water partition coefficient (Wildman–Crippen LogP) is 4.44. The van der Waals surface area contributed by atoms with E-state index in [1.165, 1.54) is 11.8 Å². The van der Waals surface area contributed by atoms with Crippen LogP contribution < -0.4 is 4.74 Å². The molecule has 0 aliphatic carbocycles. The van der Waals surface area contributed by atoms with E-state index < -0.39 is 0 Å². The molecule has 0 amide bonds. The minimum absolute atomic E-state index is 0.00880. The first-order valence-electron chi connectivity index (χ1n) is 10.6. The van der Waals surface area contributed by atoms with Crippen molar-refractivity contribution in [3.05, 3.63) is 54.0 Å². The van der Waals surface area contributed by atoms with Gasteiger partial charge in [-0.25, -0.2) is 0 Å². The first-order valence-corrected chi connectivity index (χ1v) is 11.4. The quantitative estimate of drug-likeness (QED) is 0.479. The number of carbonyl (C=O) groups excluding carboxylic acids is 1. The zero-order valence-electron chi connectivity index (χ0n) is 18.2. The average molecular weight is 441 g/mol. The molecule has 8 heteroatoms. The molecule has 0 saturated carbocycles. The van der Waals surface area contributed by atoms with Crippen LogP contribution in [0.1, 0.15) is 42.8 Å². The van der Waals surface area contributed by atoms with Crippen molar-refractivity contribution in [2.75, 3.05) is 13.1 Å². The Morgan fingerprint density at radius 2 is 2.19 bits per heavy atom. The van der Waals surface area contributed by atoms with Crippen molar-refractivity contribution >= 4 is 17.5 Å². The molecule has 164 valence electrons. The fourth-order valence-electron chi connectivity index (χ4n) is 3.82. The number of benzene rings is 1. The first kappa shape index (κ1) is 21.6. The molecule has 1 aromatic carbocycles. The van der Waals surface area contributed by atoms with E-state index >= 15 is 0 Å². The summed E-state index contributed by atoms with van der Waals surface area (Å²) >= 11 is 1.45. The Labute approximate surface area is 186 Å². The van der Waals surface area contributed by atoms with E-state index in [0.717, 1.165) is 53.3 Å². The van der Waals surface area contributed by atoms with Crippen molar-refractivity contribution in [2.24, 2.45) is 13.0 Å². The van der Waals surface area contributed by atoms with Gasteiger partial charge in [-0.2, -0.15) is 0 Å². The normalized spacial score (nSPS) is 17.2. The summed E-state index contributed by atoms with van der Waals surface area (Å²) in [6.45, 7) is 6.37. The summed E-state index contributed by atoms with van der Waals surface area (Å²) in [7, 11) is 1.90. The second kappa shape index (κ2) is 9.70. The molecule has 1 aliphatic rings. The van der Waals surface area contributed by atoms with Crippen LogP contribution in [0.25, 0.3) is 0 Å². The van der Waals surface area contributed by atoms with Crippen LogP contribution in [0.5, 0.6) is 5.75 Å². The Kier molecular flexibility index (Phi) is 6.77. The number of hydrogen-bond acceptors (Lipinski definition) is 7. The van der Waals surface area contributed by atoms with Crippen molar-refractivity contribution in [3.63, 3.8) is 0 Å². The number of ether oxygens (including phenoxy) is 1. The van der Waals surface area contributed by atoms with Gasteiger partial charge < -0.3 is 13.7 Å². The number of likely N-dealkylation sites (tertiary alicyclic amines) is 1. The van der Waals surface area contributed by atoms with Gasteiger partial charge in [-0.1, -0.05) is 12.1 Å². The molecule has 1 aliphatic heterocycles. The number of rotatable bonds is 8. The topological polar surface area (TPSA) is 73.4 Å². The Morgan fingerprint density at radius 3 is 2.97 bits per heavy atom. The summed E-state index contributed by atoms with van der Waals surface area (Å²) < 4.78 is 13.6. The van der Waals surface area contributed by atoms with Crippen molar-refractivity contribution < 1.29 is 13.9 Å². The summed E-state index contributed by atoms with van der Waals surface area (Å²) in [6, 6.07) is 11.5. The number of Topliss-reactive ketones (excluding diaryl/α,β-unsaturated/α-hetero) is 1. The Balaban J connectivity index is 1.37. The molecular weight excluding hydrogens is 412 g/mol. The van der Waals surface area contributed by atoms with Crippen LogP contribution in [0.3, 0.4) is 0 Å². The highest BCUT2D eigenvalue weighted by atomic mass is 32.2. The fourth-order valence-corrected chi connectivity index (χ4v) is 4.56. The molecule has 1 atom stereocenters. The number of carbonyl (C=O) groups is 1. The third kappa shape index (κ3) is 5.57. The van der Waals surface area contributed by atoms with E-state index in [2.05, 4.69) is 15.1 Å². The lowest BCUT2D eigenvalue weighted by atomic mass is 9.90. The lowest BCUT2D eigenvalue weighted by Crippen LogP contribution is -2.38. The first-order chi connectivity index (χ1) is 15.0. The standard InChI is InChI=1S/C23H28N4O3S/c1-16(2)29-19-8-4-6-17(12-19)22(28)18-7-5-11-27(13-18)14-20-9-10-21(30-20)31-23-25-24-15-26(23)3/h4,6,8-10,12,15-16,18H,5,7,11,13-14H2,1-3H3/t18-/m0/s1. The average Bonchev–Trinajstić information content (AvgIpc) is 3.36. The Hall–Kier alpha value is -2.58. The number of aromatic nitrogens is 3. The van der Waals surface area contributed by atoms with Crippen molar-refractivity contribution in [1.29, 1.82) is 0 Å². The molecule has 1 saturated heterocycles. The molecule has 3 heterocycles. The molecule has 1 fully saturated rings. The van der Waals surface area contributed by atoms with Crippen molar-refractivity contribution in [3.8, 4) is 5.75 Å². The smallest absolute Gasteiger partial charge is 0.198 e. The molecule has 0 N–H and O–H groups in total. The van der Waals surface area contributed by atoms with E-state index in [0.29, 0.717) is 6.54 Å². The molecule has 3 aromatic rings. The predicted molar refractivity (Wildman–Crippen MR) is 118 cm³/mol. The van der Waals surface area contributed by atoms with Crippen LogP contribution in [0.15, 0.2) is 57.4 Å². The van der Waals surface area contributed by atoms with Crippen molar-refractivity contribution in [2.45, 2.75) is 49.6 Å². The number of hydrogen-bond donors (Lipinski definition) is 0. The molecule has 0 radical (unpaired) electrons. The number of nitrogens with zero attached hydrogens (tertiary/aromatic N) is 4. The van der Waals surface area contributed by atoms with Crippen molar-refractivity contribution in [1.82, 2.24) is 19.7 Å². The van der Waals surface area contributed by atoms with Gasteiger partial charge in [0.25, 0.3) is 0 Å². The zero-order chi connectivity index (χ0) is 21.8. The molecule has 0 unspecified atom stereocenters. The molecule has 31 heavy (non-hydrogen) atoms. The van der Waals surface area contributed by atoms with Gasteiger partial charge in [-0.3, -0.25) is 9.69 Å². The van der Waals surface area contributed by atoms with Gasteiger partial charge in [0.05, 0.1) is 12.6 Å². The summed E-state index contributed by atoms with van der Waals surface area (Å²) in [5.74, 6) is 1.82. The lowest BCUT2D eigenvalue weighted by molar-refractivity contribution is 0.0800. The van der Waals surface area contributed by atoms with Gasteiger partial charge in [0.2, 0.25) is 0 Å². The van der Waals surface area contributed by atoms with Gasteiger partial charge in [-0.15, -0.1) is 10.2 Å². The van der Waals surface area contributed by atoms with Gasteiger partial charge in [0.15, 0.2) is 16.0 Å². The fraction of sp³-hybridized carbons (Fsp3) is 0.435. The second-order valence-corrected chi connectivity index (χ2v) is 9.15. The Bertz CT molecular complexity index is 1030. The van der Waals surface area contributed by atoms with Gasteiger partial charge in [-0.05, 0) is 69.3 Å². The lowest BCUT2D eigenvalue weighted by Gasteiger charge is -2.31. The van der Waals surface area contributed by atoms with Crippen LogP contribution in [-0.2, 0) is 13.6 Å². The summed E-state index contributed by atoms with van der Waals surface area (Å²) in [5, 5.41) is 9.54. The second-order valence-electron chi connectivity index (χ2n) is 8.18. The molecule has 0 spiro atoms. The van der Waals surface area contributed by atoms with Gasteiger partial charge in [0, 0.05) is 25.1 Å². The molecule has 0 bridgehead atoms. The number of piperidine rings is 1. The van der Waals surface area contributed by atoms with Gasteiger partial charge >= 0.3 is 0 Å². The van der Waals surface area contributed by atoms with Crippen LogP contribution in [0.2, 0.25) is 0 Å². The molecular formula is C23H28N4O3S. The van der Waals surface area contributed by atoms with E-state index in [1.54, 1.807) is 6.33 Å². The summed E-state index contributed by atoms with van der Waals surface area (Å²) in [4.78, 5) is 15.4. The van der Waals surface area contributed by atoms with Crippen LogP contribution in [0, 0.1) is 5.92 Å². The monoisotopic (exact) mass is 440 g/mol. The van der Waals surface area contributed by atoms with E-state index in [4.69, 9.17) is 9.15 Å². The third-order valence-corrected chi connectivity index (χ3v) is 6.22. The zero-order valence-corrected chi connectivity index (χ0v) is 19.0. The molecule has 7 nitrogen and oxygen atoms in total. The highest BCUT2D eigenvalue weighted by Gasteiger charge is 2.27. The SMILES string of the molecule is CC(C)Oc1cccc(C(=O)[C@H]2CCCN(Cc3ccc(Sc4nncn4C)o3)C2)c1. The number of ketones is 1. The van der Waals surface area contributed by atoms with E-state index in [9.17, 15) is 4.79 Å². The van der Waals surface area contributed by atoms with Crippen LogP contribution in [-0.4, -0.2) is 44.6 Å². The maximum atomic E-state index is 13.1.